The third-order valence-corrected chi connectivity index (χ3v) is 6.64. The van der Waals surface area contributed by atoms with E-state index in [4.69, 9.17) is 13.3 Å². The minimum absolute atomic E-state index is 0.234. The quantitative estimate of drug-likeness (QED) is 0.715. The highest BCUT2D eigenvalue weighted by Crippen LogP contribution is 2.29. The van der Waals surface area contributed by atoms with E-state index < -0.39 is 8.80 Å². The van der Waals surface area contributed by atoms with E-state index in [-0.39, 0.29) is 6.10 Å². The Morgan fingerprint density at radius 2 is 1.59 bits per heavy atom. The molecule has 1 unspecified atom stereocenters. The third kappa shape index (κ3) is 4.33. The van der Waals surface area contributed by atoms with Crippen LogP contribution in [0.1, 0.15) is 38.5 Å². The predicted octanol–water partition coefficient (Wildman–Crippen LogP) is 2.20. The van der Waals surface area contributed by atoms with Crippen molar-refractivity contribution in [3.63, 3.8) is 0 Å². The molecule has 1 aliphatic carbocycles. The Morgan fingerprint density at radius 3 is 2.06 bits per heavy atom. The summed E-state index contributed by atoms with van der Waals surface area (Å²) >= 11 is 0. The summed E-state index contributed by atoms with van der Waals surface area (Å²) in [7, 11) is 2.35. The van der Waals surface area contributed by atoms with Gasteiger partial charge in [0.05, 0.1) is 6.10 Å². The van der Waals surface area contributed by atoms with Crippen LogP contribution in [0.5, 0.6) is 0 Å². The summed E-state index contributed by atoms with van der Waals surface area (Å²) in [5, 5.41) is 10.2. The largest absolute Gasteiger partial charge is 0.500 e. The Kier molecular flexibility index (Phi) is 6.65. The van der Waals surface area contributed by atoms with Crippen LogP contribution in [0.3, 0.4) is 0 Å². The zero-order chi connectivity index (χ0) is 12.7. The third-order valence-electron chi connectivity index (χ3n) is 3.87. The van der Waals surface area contributed by atoms with Gasteiger partial charge >= 0.3 is 8.80 Å². The van der Waals surface area contributed by atoms with Gasteiger partial charge < -0.3 is 18.4 Å². The lowest BCUT2D eigenvalue weighted by molar-refractivity contribution is 0.0692. The smallest absolute Gasteiger partial charge is 0.393 e. The predicted molar refractivity (Wildman–Crippen MR) is 68.8 cm³/mol. The van der Waals surface area contributed by atoms with Crippen LogP contribution >= 0.6 is 0 Å². The maximum Gasteiger partial charge on any atom is 0.500 e. The Hall–Kier alpha value is 0.0569. The van der Waals surface area contributed by atoms with Gasteiger partial charge in [-0.2, -0.15) is 0 Å². The lowest BCUT2D eigenvalue weighted by Crippen LogP contribution is -2.43. The van der Waals surface area contributed by atoms with Gasteiger partial charge in [-0.1, -0.05) is 19.3 Å². The van der Waals surface area contributed by atoms with Gasteiger partial charge in [0.1, 0.15) is 0 Å². The van der Waals surface area contributed by atoms with Gasteiger partial charge in [-0.3, -0.25) is 0 Å². The molecule has 0 aliphatic heterocycles. The van der Waals surface area contributed by atoms with Crippen molar-refractivity contribution in [2.75, 3.05) is 21.3 Å². The highest BCUT2D eigenvalue weighted by atomic mass is 28.4. The maximum absolute atomic E-state index is 10.2. The molecule has 0 aromatic rings. The summed E-state index contributed by atoms with van der Waals surface area (Å²) in [5.74, 6) is 0.459. The van der Waals surface area contributed by atoms with Crippen LogP contribution in [-0.2, 0) is 13.3 Å². The number of rotatable bonds is 7. The molecule has 0 bridgehead atoms. The van der Waals surface area contributed by atoms with E-state index in [0.717, 1.165) is 12.8 Å². The van der Waals surface area contributed by atoms with Gasteiger partial charge in [-0.25, -0.2) is 0 Å². The van der Waals surface area contributed by atoms with E-state index in [1.807, 2.05) is 0 Å². The fourth-order valence-electron chi connectivity index (χ4n) is 2.64. The van der Waals surface area contributed by atoms with Crippen LogP contribution in [-0.4, -0.2) is 41.3 Å². The van der Waals surface area contributed by atoms with Crippen molar-refractivity contribution in [3.05, 3.63) is 0 Å². The molecule has 0 heterocycles. The zero-order valence-electron chi connectivity index (χ0n) is 11.3. The standard InChI is InChI=1S/C12H26O4Si/c1-14-17(15-2,16-3)10-9-12(13)11-7-5-4-6-8-11/h11-13H,4-10H2,1-3H3. The van der Waals surface area contributed by atoms with Gasteiger partial charge in [0.15, 0.2) is 0 Å². The fourth-order valence-corrected chi connectivity index (χ4v) is 4.40. The lowest BCUT2D eigenvalue weighted by atomic mass is 9.84. The van der Waals surface area contributed by atoms with Gasteiger partial charge in [0, 0.05) is 27.4 Å². The normalized spacial score (nSPS) is 20.5. The molecular formula is C12H26O4Si. The van der Waals surface area contributed by atoms with Crippen molar-refractivity contribution in [1.29, 1.82) is 0 Å². The summed E-state index contributed by atoms with van der Waals surface area (Å²) in [4.78, 5) is 0. The monoisotopic (exact) mass is 262 g/mol. The molecule has 1 rings (SSSR count). The van der Waals surface area contributed by atoms with Crippen molar-refractivity contribution >= 4 is 8.80 Å². The van der Waals surface area contributed by atoms with Crippen LogP contribution in [0.15, 0.2) is 0 Å². The molecular weight excluding hydrogens is 236 g/mol. The maximum atomic E-state index is 10.2. The summed E-state index contributed by atoms with van der Waals surface area (Å²) in [5.41, 5.74) is 0. The number of aliphatic hydroxyl groups is 1. The van der Waals surface area contributed by atoms with E-state index in [1.54, 1.807) is 21.3 Å². The van der Waals surface area contributed by atoms with Crippen molar-refractivity contribution in [1.82, 2.24) is 0 Å². The van der Waals surface area contributed by atoms with Gasteiger partial charge in [-0.05, 0) is 25.2 Å². The zero-order valence-corrected chi connectivity index (χ0v) is 12.3. The molecule has 1 N–H and O–H groups in total. The Labute approximate surface area is 106 Å². The van der Waals surface area contributed by atoms with Gasteiger partial charge in [0.25, 0.3) is 0 Å². The molecule has 0 aromatic carbocycles. The highest BCUT2D eigenvalue weighted by Gasteiger charge is 2.38. The van der Waals surface area contributed by atoms with Crippen LogP contribution in [0.25, 0.3) is 0 Å². The number of hydrogen-bond acceptors (Lipinski definition) is 4. The van der Waals surface area contributed by atoms with E-state index in [2.05, 4.69) is 0 Å². The van der Waals surface area contributed by atoms with E-state index in [1.165, 1.54) is 19.3 Å². The van der Waals surface area contributed by atoms with Crippen molar-refractivity contribution in [2.45, 2.75) is 50.7 Å². The second-order valence-corrected chi connectivity index (χ2v) is 7.89. The van der Waals surface area contributed by atoms with E-state index >= 15 is 0 Å². The number of hydrogen-bond donors (Lipinski definition) is 1. The molecule has 1 saturated carbocycles. The molecule has 4 nitrogen and oxygen atoms in total. The summed E-state index contributed by atoms with van der Waals surface area (Å²) in [6.45, 7) is 0. The Bertz CT molecular complexity index is 194. The molecule has 0 spiro atoms. The summed E-state index contributed by atoms with van der Waals surface area (Å²) in [6, 6.07) is 0.689. The SMILES string of the molecule is CO[Si](CCC(O)C1CCCCC1)(OC)OC. The molecule has 1 atom stereocenters. The second-order valence-electron chi connectivity index (χ2n) is 4.80. The van der Waals surface area contributed by atoms with E-state index in [9.17, 15) is 5.11 Å². The van der Waals surface area contributed by atoms with Crippen LogP contribution < -0.4 is 0 Å². The Balaban J connectivity index is 2.37. The average molecular weight is 262 g/mol. The summed E-state index contributed by atoms with van der Waals surface area (Å²) < 4.78 is 16.1. The molecule has 0 amide bonds. The van der Waals surface area contributed by atoms with Gasteiger partial charge in [0.2, 0.25) is 0 Å². The average Bonchev–Trinajstić information content (AvgIpc) is 2.41. The van der Waals surface area contributed by atoms with Gasteiger partial charge in [-0.15, -0.1) is 0 Å². The summed E-state index contributed by atoms with van der Waals surface area (Å²) in [6.07, 6.45) is 6.61. The molecule has 1 fully saturated rings. The topological polar surface area (TPSA) is 47.9 Å². The first-order valence-electron chi connectivity index (χ1n) is 6.51. The van der Waals surface area contributed by atoms with Crippen LogP contribution in [0.2, 0.25) is 6.04 Å². The molecule has 17 heavy (non-hydrogen) atoms. The first-order valence-corrected chi connectivity index (χ1v) is 8.44. The molecule has 1 aliphatic rings. The van der Waals surface area contributed by atoms with Crippen molar-refractivity contribution in [2.24, 2.45) is 5.92 Å². The van der Waals surface area contributed by atoms with Crippen molar-refractivity contribution < 1.29 is 18.4 Å². The molecule has 102 valence electrons. The minimum atomic E-state index is -2.50. The first-order chi connectivity index (χ1) is 8.17. The first kappa shape index (κ1) is 15.1. The Morgan fingerprint density at radius 1 is 1.06 bits per heavy atom. The number of aliphatic hydroxyl groups excluding tert-OH is 1. The lowest BCUT2D eigenvalue weighted by Gasteiger charge is -2.29. The van der Waals surface area contributed by atoms with Crippen molar-refractivity contribution in [3.8, 4) is 0 Å². The molecule has 0 aromatic heterocycles. The molecule has 0 radical (unpaired) electrons. The second kappa shape index (κ2) is 7.48. The molecule has 0 saturated heterocycles. The van der Waals surface area contributed by atoms with Crippen LogP contribution in [0, 0.1) is 5.92 Å². The van der Waals surface area contributed by atoms with Crippen LogP contribution in [0.4, 0.5) is 0 Å². The minimum Gasteiger partial charge on any atom is -0.393 e. The highest BCUT2D eigenvalue weighted by molar-refractivity contribution is 6.60. The molecule has 5 heteroatoms. The van der Waals surface area contributed by atoms with E-state index in [0.29, 0.717) is 18.4 Å². The fraction of sp³-hybridized carbons (Fsp3) is 1.00.